The molecule has 0 bridgehead atoms. The van der Waals surface area contributed by atoms with Gasteiger partial charge in [-0.05, 0) is 26.7 Å². The van der Waals surface area contributed by atoms with Crippen molar-refractivity contribution in [1.29, 1.82) is 0 Å². The number of hydrogen-bond donors (Lipinski definition) is 1. The van der Waals surface area contributed by atoms with Gasteiger partial charge in [0, 0.05) is 26.2 Å². The van der Waals surface area contributed by atoms with Crippen LogP contribution in [0.25, 0.3) is 0 Å². The van der Waals surface area contributed by atoms with Crippen molar-refractivity contribution in [2.24, 2.45) is 0 Å². The maximum absolute atomic E-state index is 11.4. The Morgan fingerprint density at radius 3 is 2.27 bits per heavy atom. The largest absolute Gasteiger partial charge is 0.378 e. The smallest absolute Gasteiger partial charge is 0.353 e. The highest BCUT2D eigenvalue weighted by molar-refractivity contribution is 5.71. The monoisotopic (exact) mass is 308 g/mol. The van der Waals surface area contributed by atoms with Gasteiger partial charge < -0.3 is 15.5 Å². The maximum atomic E-state index is 11.4. The molecular formula is C14H24N6O2. The number of anilines is 3. The molecule has 1 aliphatic heterocycles. The SMILES string of the molecule is CCN(CC)c1nc(N)c([N+](=O)[O-])c(N2CCCCCC2)n1. The standard InChI is InChI=1S/C14H24N6O2/c1-3-18(4-2)14-16-12(15)11(20(21)22)13(17-14)19-9-7-5-6-8-10-19/h3-10H2,1-2H3,(H2,15,16,17). The molecule has 0 radical (unpaired) electrons. The molecule has 22 heavy (non-hydrogen) atoms. The van der Waals surface area contributed by atoms with E-state index in [1.165, 1.54) is 0 Å². The van der Waals surface area contributed by atoms with Crippen LogP contribution in [0.15, 0.2) is 0 Å². The number of aromatic nitrogens is 2. The second-order valence-electron chi connectivity index (χ2n) is 5.41. The Kier molecular flexibility index (Phi) is 5.35. The number of rotatable bonds is 5. The van der Waals surface area contributed by atoms with E-state index in [9.17, 15) is 10.1 Å². The molecule has 1 aromatic heterocycles. The number of nitrogen functional groups attached to an aromatic ring is 1. The van der Waals surface area contributed by atoms with Gasteiger partial charge >= 0.3 is 5.69 Å². The number of nitrogens with zero attached hydrogens (tertiary/aromatic N) is 5. The van der Waals surface area contributed by atoms with Crippen molar-refractivity contribution in [2.75, 3.05) is 41.7 Å². The lowest BCUT2D eigenvalue weighted by Gasteiger charge is -2.24. The van der Waals surface area contributed by atoms with Crippen LogP contribution in [0.3, 0.4) is 0 Å². The molecule has 0 spiro atoms. The minimum atomic E-state index is -0.471. The van der Waals surface area contributed by atoms with Gasteiger partial charge in [-0.25, -0.2) is 0 Å². The Morgan fingerprint density at radius 1 is 1.18 bits per heavy atom. The Morgan fingerprint density at radius 2 is 1.77 bits per heavy atom. The fourth-order valence-electron chi connectivity index (χ4n) is 2.77. The molecule has 1 fully saturated rings. The van der Waals surface area contributed by atoms with Crippen molar-refractivity contribution >= 4 is 23.3 Å². The average molecular weight is 308 g/mol. The Bertz CT molecular complexity index is 524. The van der Waals surface area contributed by atoms with Crippen LogP contribution in [-0.4, -0.2) is 41.1 Å². The summed E-state index contributed by atoms with van der Waals surface area (Å²) >= 11 is 0. The van der Waals surface area contributed by atoms with Gasteiger partial charge in [-0.15, -0.1) is 0 Å². The second kappa shape index (κ2) is 7.24. The summed E-state index contributed by atoms with van der Waals surface area (Å²) in [6, 6.07) is 0. The summed E-state index contributed by atoms with van der Waals surface area (Å²) < 4.78 is 0. The molecule has 1 saturated heterocycles. The van der Waals surface area contributed by atoms with Gasteiger partial charge in [-0.2, -0.15) is 9.97 Å². The predicted octanol–water partition coefficient (Wildman–Crippen LogP) is 2.19. The van der Waals surface area contributed by atoms with Crippen LogP contribution in [0.5, 0.6) is 0 Å². The first kappa shape index (κ1) is 16.3. The Labute approximate surface area is 130 Å². The van der Waals surface area contributed by atoms with Crippen LogP contribution in [0.2, 0.25) is 0 Å². The zero-order valence-electron chi connectivity index (χ0n) is 13.3. The predicted molar refractivity (Wildman–Crippen MR) is 87.3 cm³/mol. The van der Waals surface area contributed by atoms with Gasteiger partial charge in [0.1, 0.15) is 0 Å². The van der Waals surface area contributed by atoms with Crippen LogP contribution < -0.4 is 15.5 Å². The third-order valence-corrected chi connectivity index (χ3v) is 4.02. The summed E-state index contributed by atoms with van der Waals surface area (Å²) in [7, 11) is 0. The van der Waals surface area contributed by atoms with E-state index in [0.717, 1.165) is 51.9 Å². The third kappa shape index (κ3) is 3.37. The molecule has 8 nitrogen and oxygen atoms in total. The van der Waals surface area contributed by atoms with Crippen LogP contribution in [0.4, 0.5) is 23.3 Å². The Balaban J connectivity index is 2.49. The van der Waals surface area contributed by atoms with E-state index in [2.05, 4.69) is 9.97 Å². The molecule has 0 amide bonds. The van der Waals surface area contributed by atoms with Gasteiger partial charge in [0.15, 0.2) is 0 Å². The highest BCUT2D eigenvalue weighted by Gasteiger charge is 2.28. The van der Waals surface area contributed by atoms with Gasteiger partial charge in [-0.3, -0.25) is 10.1 Å². The van der Waals surface area contributed by atoms with Crippen molar-refractivity contribution in [3.63, 3.8) is 0 Å². The van der Waals surface area contributed by atoms with E-state index in [1.807, 2.05) is 23.6 Å². The first-order valence-corrected chi connectivity index (χ1v) is 7.90. The van der Waals surface area contributed by atoms with Gasteiger partial charge in [0.2, 0.25) is 17.6 Å². The fourth-order valence-corrected chi connectivity index (χ4v) is 2.77. The fraction of sp³-hybridized carbons (Fsp3) is 0.714. The van der Waals surface area contributed by atoms with Crippen molar-refractivity contribution in [1.82, 2.24) is 9.97 Å². The van der Waals surface area contributed by atoms with Gasteiger partial charge in [0.25, 0.3) is 0 Å². The minimum absolute atomic E-state index is 0.0545. The molecule has 2 rings (SSSR count). The molecule has 2 N–H and O–H groups in total. The van der Waals surface area contributed by atoms with Crippen molar-refractivity contribution in [3.8, 4) is 0 Å². The zero-order valence-corrected chi connectivity index (χ0v) is 13.3. The zero-order chi connectivity index (χ0) is 16.1. The highest BCUT2D eigenvalue weighted by Crippen LogP contribution is 2.34. The van der Waals surface area contributed by atoms with Crippen molar-refractivity contribution in [3.05, 3.63) is 10.1 Å². The molecular weight excluding hydrogens is 284 g/mol. The lowest BCUT2D eigenvalue weighted by molar-refractivity contribution is -0.383. The number of hydrogen-bond acceptors (Lipinski definition) is 7. The van der Waals surface area contributed by atoms with Crippen LogP contribution in [0.1, 0.15) is 39.5 Å². The first-order valence-electron chi connectivity index (χ1n) is 7.90. The Hall–Kier alpha value is -2.12. The van der Waals surface area contributed by atoms with E-state index in [4.69, 9.17) is 5.73 Å². The van der Waals surface area contributed by atoms with Crippen LogP contribution in [0, 0.1) is 10.1 Å². The normalized spacial score (nSPS) is 15.5. The third-order valence-electron chi connectivity index (χ3n) is 4.02. The molecule has 0 saturated carbocycles. The molecule has 0 aliphatic carbocycles. The number of nitrogens with two attached hydrogens (primary N) is 1. The summed E-state index contributed by atoms with van der Waals surface area (Å²) in [6.45, 7) is 7.00. The molecule has 0 atom stereocenters. The van der Waals surface area contributed by atoms with Crippen molar-refractivity contribution in [2.45, 2.75) is 39.5 Å². The van der Waals surface area contributed by atoms with Gasteiger partial charge in [-0.1, -0.05) is 12.8 Å². The van der Waals surface area contributed by atoms with E-state index < -0.39 is 4.92 Å². The molecule has 0 aromatic carbocycles. The van der Waals surface area contributed by atoms with E-state index >= 15 is 0 Å². The van der Waals surface area contributed by atoms with Gasteiger partial charge in [0.05, 0.1) is 4.92 Å². The summed E-state index contributed by atoms with van der Waals surface area (Å²) in [5, 5.41) is 11.4. The molecule has 0 unspecified atom stereocenters. The maximum Gasteiger partial charge on any atom is 0.353 e. The van der Waals surface area contributed by atoms with Crippen LogP contribution in [-0.2, 0) is 0 Å². The average Bonchev–Trinajstić information content (AvgIpc) is 2.76. The first-order chi connectivity index (χ1) is 10.6. The summed E-state index contributed by atoms with van der Waals surface area (Å²) in [5.41, 5.74) is 5.70. The van der Waals surface area contributed by atoms with E-state index in [-0.39, 0.29) is 11.5 Å². The molecule has 1 aliphatic rings. The molecule has 1 aromatic rings. The quantitative estimate of drug-likeness (QED) is 0.657. The second-order valence-corrected chi connectivity index (χ2v) is 5.41. The minimum Gasteiger partial charge on any atom is -0.378 e. The molecule has 122 valence electrons. The summed E-state index contributed by atoms with van der Waals surface area (Å²) in [6.07, 6.45) is 4.32. The van der Waals surface area contributed by atoms with Crippen LogP contribution >= 0.6 is 0 Å². The highest BCUT2D eigenvalue weighted by atomic mass is 16.6. The lowest BCUT2D eigenvalue weighted by atomic mass is 10.2. The summed E-state index contributed by atoms with van der Waals surface area (Å²) in [4.78, 5) is 23.5. The summed E-state index contributed by atoms with van der Waals surface area (Å²) in [5.74, 6) is 0.773. The molecule has 2 heterocycles. The van der Waals surface area contributed by atoms with E-state index in [1.54, 1.807) is 0 Å². The van der Waals surface area contributed by atoms with E-state index in [0.29, 0.717) is 11.8 Å². The lowest BCUT2D eigenvalue weighted by Crippen LogP contribution is -2.29. The topological polar surface area (TPSA) is 101 Å². The number of nitro groups is 1. The molecule has 8 heteroatoms. The van der Waals surface area contributed by atoms with Crippen molar-refractivity contribution < 1.29 is 4.92 Å².